The van der Waals surface area contributed by atoms with Crippen molar-refractivity contribution in [2.24, 2.45) is 5.92 Å². The predicted molar refractivity (Wildman–Crippen MR) is 132 cm³/mol. The molecule has 2 aliphatic heterocycles. The van der Waals surface area contributed by atoms with E-state index in [0.29, 0.717) is 5.92 Å². The van der Waals surface area contributed by atoms with Gasteiger partial charge in [-0.2, -0.15) is 0 Å². The first-order valence-electron chi connectivity index (χ1n) is 12.7. The normalized spacial score (nSPS) is 28.8. The van der Waals surface area contributed by atoms with Crippen LogP contribution in [0.2, 0.25) is 5.02 Å². The van der Waals surface area contributed by atoms with Crippen LogP contribution in [-0.2, 0) is 26.2 Å². The highest BCUT2D eigenvalue weighted by Gasteiger charge is 2.72. The standard InChI is InChI=1S/C28H30ClFN2O3/c1-35-25(33)24-22(18-6-5-7-20(29)23(18)30)28(27(32-24)12-3-2-4-13-27)19-11-10-17(14-16-8-9-16)15-21(19)31-26(28)34/h5-7,10-11,15-16,22,24,32H,2-4,8-9,12-14H2,1H3,(H,31,34)/t22-,24+,28+/m0/s1. The van der Waals surface area contributed by atoms with Crippen molar-refractivity contribution in [2.75, 3.05) is 12.4 Å². The van der Waals surface area contributed by atoms with Crippen molar-refractivity contribution < 1.29 is 18.7 Å². The maximum atomic E-state index is 15.7. The summed E-state index contributed by atoms with van der Waals surface area (Å²) in [6, 6.07) is 10.2. The summed E-state index contributed by atoms with van der Waals surface area (Å²) >= 11 is 6.23. The first-order valence-corrected chi connectivity index (χ1v) is 13.0. The van der Waals surface area contributed by atoms with Crippen molar-refractivity contribution in [3.63, 3.8) is 0 Å². The van der Waals surface area contributed by atoms with E-state index in [1.54, 1.807) is 12.1 Å². The third kappa shape index (κ3) is 3.29. The fourth-order valence-corrected chi connectivity index (χ4v) is 7.36. The van der Waals surface area contributed by atoms with E-state index in [-0.39, 0.29) is 16.5 Å². The van der Waals surface area contributed by atoms with E-state index in [1.165, 1.54) is 31.6 Å². The number of benzene rings is 2. The van der Waals surface area contributed by atoms with Crippen LogP contribution in [0.1, 0.15) is 67.6 Å². The van der Waals surface area contributed by atoms with E-state index >= 15 is 4.39 Å². The van der Waals surface area contributed by atoms with E-state index in [4.69, 9.17) is 16.3 Å². The summed E-state index contributed by atoms with van der Waals surface area (Å²) in [5.41, 5.74) is 1.22. The molecule has 5 nitrogen and oxygen atoms in total. The molecule has 1 saturated heterocycles. The number of amides is 1. The summed E-state index contributed by atoms with van der Waals surface area (Å²) in [6.07, 6.45) is 7.84. The van der Waals surface area contributed by atoms with Gasteiger partial charge in [0, 0.05) is 17.1 Å². The zero-order valence-corrected chi connectivity index (χ0v) is 20.6. The summed E-state index contributed by atoms with van der Waals surface area (Å²) in [7, 11) is 1.33. The van der Waals surface area contributed by atoms with Gasteiger partial charge in [0.15, 0.2) is 0 Å². The van der Waals surface area contributed by atoms with E-state index in [0.717, 1.165) is 49.8 Å². The van der Waals surface area contributed by atoms with Crippen LogP contribution in [-0.4, -0.2) is 30.6 Å². The Balaban J connectivity index is 1.60. The lowest BCUT2D eigenvalue weighted by molar-refractivity contribution is -0.143. The summed E-state index contributed by atoms with van der Waals surface area (Å²) in [4.78, 5) is 27.4. The zero-order valence-electron chi connectivity index (χ0n) is 19.8. The molecule has 2 aromatic carbocycles. The molecule has 0 radical (unpaired) electrons. The van der Waals surface area contributed by atoms with Crippen LogP contribution in [0.15, 0.2) is 36.4 Å². The van der Waals surface area contributed by atoms with Crippen LogP contribution in [0.3, 0.4) is 0 Å². The Morgan fingerprint density at radius 3 is 2.66 bits per heavy atom. The molecule has 1 amide bonds. The molecule has 2 aliphatic carbocycles. The molecule has 184 valence electrons. The Bertz CT molecular complexity index is 1210. The van der Waals surface area contributed by atoms with Crippen molar-refractivity contribution in [3.05, 3.63) is 63.9 Å². The number of methoxy groups -OCH3 is 1. The van der Waals surface area contributed by atoms with Crippen molar-refractivity contribution in [1.82, 2.24) is 5.32 Å². The van der Waals surface area contributed by atoms with E-state index in [1.807, 2.05) is 6.07 Å². The Labute approximate surface area is 209 Å². The van der Waals surface area contributed by atoms with E-state index in [2.05, 4.69) is 22.8 Å². The largest absolute Gasteiger partial charge is 0.468 e. The lowest BCUT2D eigenvalue weighted by Gasteiger charge is -2.47. The lowest BCUT2D eigenvalue weighted by Crippen LogP contribution is -2.60. The first-order chi connectivity index (χ1) is 16.9. The topological polar surface area (TPSA) is 67.4 Å². The quantitative estimate of drug-likeness (QED) is 0.567. The van der Waals surface area contributed by atoms with Gasteiger partial charge in [-0.3, -0.25) is 14.9 Å². The summed E-state index contributed by atoms with van der Waals surface area (Å²) in [5.74, 6) is -1.35. The molecule has 2 N–H and O–H groups in total. The number of anilines is 1. The number of fused-ring (bicyclic) bond motifs is 3. The minimum atomic E-state index is -1.16. The average molecular weight is 497 g/mol. The predicted octanol–water partition coefficient (Wildman–Crippen LogP) is 5.25. The highest BCUT2D eigenvalue weighted by atomic mass is 35.5. The number of nitrogens with one attached hydrogen (secondary N) is 2. The van der Waals surface area contributed by atoms with E-state index < -0.39 is 34.7 Å². The van der Waals surface area contributed by atoms with Crippen LogP contribution in [0.4, 0.5) is 10.1 Å². The highest BCUT2D eigenvalue weighted by Crippen LogP contribution is 2.62. The maximum Gasteiger partial charge on any atom is 0.323 e. The summed E-state index contributed by atoms with van der Waals surface area (Å²) in [5, 5.41) is 6.70. The molecule has 2 saturated carbocycles. The number of carbonyl (C=O) groups excluding carboxylic acids is 2. The van der Waals surface area contributed by atoms with Gasteiger partial charge in [0.2, 0.25) is 5.91 Å². The number of halogens is 2. The fourth-order valence-electron chi connectivity index (χ4n) is 7.18. The molecule has 2 spiro atoms. The van der Waals surface area contributed by atoms with Gasteiger partial charge in [-0.15, -0.1) is 0 Å². The van der Waals surface area contributed by atoms with Crippen LogP contribution in [0.5, 0.6) is 0 Å². The smallest absolute Gasteiger partial charge is 0.323 e. The molecule has 2 aromatic rings. The van der Waals surface area contributed by atoms with Gasteiger partial charge >= 0.3 is 5.97 Å². The minimum Gasteiger partial charge on any atom is -0.468 e. The number of carbonyl (C=O) groups is 2. The van der Waals surface area contributed by atoms with Gasteiger partial charge in [-0.05, 0) is 66.8 Å². The Hall–Kier alpha value is -2.44. The molecule has 2 heterocycles. The van der Waals surface area contributed by atoms with Crippen molar-refractivity contribution in [1.29, 1.82) is 0 Å². The number of hydrogen-bond donors (Lipinski definition) is 2. The summed E-state index contributed by atoms with van der Waals surface area (Å²) < 4.78 is 20.9. The Kier molecular flexibility index (Phi) is 5.46. The number of ether oxygens (including phenoxy) is 1. The van der Waals surface area contributed by atoms with Gasteiger partial charge in [0.05, 0.1) is 12.1 Å². The van der Waals surface area contributed by atoms with Gasteiger partial charge in [-0.25, -0.2) is 4.39 Å². The van der Waals surface area contributed by atoms with Crippen LogP contribution in [0.25, 0.3) is 0 Å². The Morgan fingerprint density at radius 2 is 1.94 bits per heavy atom. The first kappa shape index (κ1) is 23.0. The zero-order chi connectivity index (χ0) is 24.4. The van der Waals surface area contributed by atoms with Crippen LogP contribution in [0, 0.1) is 11.7 Å². The van der Waals surface area contributed by atoms with Crippen LogP contribution >= 0.6 is 11.6 Å². The Morgan fingerprint density at radius 1 is 1.17 bits per heavy atom. The molecule has 4 aliphatic rings. The molecular formula is C28H30ClFN2O3. The third-order valence-electron chi connectivity index (χ3n) is 8.80. The lowest BCUT2D eigenvalue weighted by atomic mass is 9.55. The van der Waals surface area contributed by atoms with Crippen molar-refractivity contribution >= 4 is 29.2 Å². The molecule has 7 heteroatoms. The van der Waals surface area contributed by atoms with Gasteiger partial charge < -0.3 is 10.1 Å². The minimum absolute atomic E-state index is 0.0238. The van der Waals surface area contributed by atoms with Gasteiger partial charge in [0.1, 0.15) is 17.3 Å². The molecule has 0 bridgehead atoms. The second-order valence-corrected chi connectivity index (χ2v) is 11.1. The number of rotatable bonds is 4. The molecule has 35 heavy (non-hydrogen) atoms. The SMILES string of the molecule is COC(=O)[C@@H]1NC2(CCCCC2)[C@@]2(C(=O)Nc3cc(CC4CC4)ccc32)[C@H]1c1cccc(Cl)c1F. The number of hydrogen-bond acceptors (Lipinski definition) is 4. The van der Waals surface area contributed by atoms with Crippen LogP contribution < -0.4 is 10.6 Å². The molecule has 3 atom stereocenters. The molecule has 6 rings (SSSR count). The van der Waals surface area contributed by atoms with Gasteiger partial charge in [-0.1, -0.05) is 55.1 Å². The molecule has 0 unspecified atom stereocenters. The monoisotopic (exact) mass is 496 g/mol. The van der Waals surface area contributed by atoms with E-state index in [9.17, 15) is 9.59 Å². The van der Waals surface area contributed by atoms with Gasteiger partial charge in [0.25, 0.3) is 0 Å². The second-order valence-electron chi connectivity index (χ2n) is 10.7. The fraction of sp³-hybridized carbons (Fsp3) is 0.500. The highest BCUT2D eigenvalue weighted by molar-refractivity contribution is 6.30. The third-order valence-corrected chi connectivity index (χ3v) is 9.09. The second kappa shape index (κ2) is 8.31. The molecular weight excluding hydrogens is 467 g/mol. The maximum absolute atomic E-state index is 15.7. The molecule has 3 fully saturated rings. The average Bonchev–Trinajstić information content (AvgIpc) is 3.56. The molecule has 0 aromatic heterocycles. The number of esters is 1. The summed E-state index contributed by atoms with van der Waals surface area (Å²) in [6.45, 7) is 0. The van der Waals surface area contributed by atoms with Crippen molar-refractivity contribution in [2.45, 2.75) is 74.3 Å². The van der Waals surface area contributed by atoms with Crippen molar-refractivity contribution in [3.8, 4) is 0 Å².